The number of hydrogen-bond donors (Lipinski definition) is 2. The molecule has 3 rings (SSSR count). The van der Waals surface area contributed by atoms with Crippen LogP contribution in [0.3, 0.4) is 0 Å². The van der Waals surface area contributed by atoms with Crippen molar-refractivity contribution in [1.82, 2.24) is 0 Å². The Bertz CT molecular complexity index is 617. The first-order valence-corrected chi connectivity index (χ1v) is 5.91. The molecule has 0 aliphatic heterocycles. The summed E-state index contributed by atoms with van der Waals surface area (Å²) < 4.78 is 5.15. The summed E-state index contributed by atoms with van der Waals surface area (Å²) in [5, 5.41) is 19.3. The third kappa shape index (κ3) is 1.59. The zero-order chi connectivity index (χ0) is 12.7. The maximum atomic E-state index is 9.79. The van der Waals surface area contributed by atoms with E-state index in [4.69, 9.17) is 4.74 Å². The molecule has 0 bridgehead atoms. The highest BCUT2D eigenvalue weighted by molar-refractivity contribution is 5.76. The Balaban J connectivity index is 2.22. The van der Waals surface area contributed by atoms with Crippen LogP contribution >= 0.6 is 0 Å². The monoisotopic (exact) mass is 242 g/mol. The molecule has 0 aromatic heterocycles. The van der Waals surface area contributed by atoms with E-state index in [0.717, 1.165) is 35.1 Å². The minimum atomic E-state index is 0.179. The molecule has 0 unspecified atom stereocenters. The molecule has 92 valence electrons. The normalized spacial score (nSPS) is 12.7. The summed E-state index contributed by atoms with van der Waals surface area (Å²) in [4.78, 5) is 0. The van der Waals surface area contributed by atoms with Crippen molar-refractivity contribution in [1.29, 1.82) is 0 Å². The fourth-order valence-corrected chi connectivity index (χ4v) is 2.55. The standard InChI is InChI=1S/C15H14O3/c1-18-15-8-13-10(7-14(15)17)3-2-9-6-11(16)4-5-12(9)13/h4-8,16-17H,2-3H2,1H3. The van der Waals surface area contributed by atoms with Crippen molar-refractivity contribution in [2.24, 2.45) is 0 Å². The molecule has 0 saturated heterocycles. The zero-order valence-electron chi connectivity index (χ0n) is 10.1. The smallest absolute Gasteiger partial charge is 0.161 e. The Kier molecular flexibility index (Phi) is 2.40. The number of methoxy groups -OCH3 is 1. The fraction of sp³-hybridized carbons (Fsp3) is 0.200. The molecule has 0 amide bonds. The molecular formula is C15H14O3. The quantitative estimate of drug-likeness (QED) is 0.808. The van der Waals surface area contributed by atoms with E-state index < -0.39 is 0 Å². The second kappa shape index (κ2) is 3.95. The lowest BCUT2D eigenvalue weighted by Crippen LogP contribution is -2.04. The van der Waals surface area contributed by atoms with Gasteiger partial charge < -0.3 is 14.9 Å². The van der Waals surface area contributed by atoms with Crippen LogP contribution < -0.4 is 4.74 Å². The van der Waals surface area contributed by atoms with Crippen LogP contribution in [0.2, 0.25) is 0 Å². The minimum Gasteiger partial charge on any atom is -0.508 e. The Morgan fingerprint density at radius 3 is 2.39 bits per heavy atom. The number of benzene rings is 2. The molecule has 0 heterocycles. The van der Waals surface area contributed by atoms with Gasteiger partial charge in [-0.2, -0.15) is 0 Å². The van der Waals surface area contributed by atoms with Gasteiger partial charge in [0.15, 0.2) is 11.5 Å². The number of rotatable bonds is 1. The molecule has 18 heavy (non-hydrogen) atoms. The van der Waals surface area contributed by atoms with E-state index in [1.807, 2.05) is 12.1 Å². The van der Waals surface area contributed by atoms with Crippen molar-refractivity contribution in [2.75, 3.05) is 7.11 Å². The first kappa shape index (κ1) is 11.0. The molecule has 3 nitrogen and oxygen atoms in total. The van der Waals surface area contributed by atoms with Crippen molar-refractivity contribution in [3.05, 3.63) is 41.5 Å². The number of aryl methyl sites for hydroxylation is 2. The largest absolute Gasteiger partial charge is 0.508 e. The summed E-state index contributed by atoms with van der Waals surface area (Å²) in [6.07, 6.45) is 1.74. The fourth-order valence-electron chi connectivity index (χ4n) is 2.55. The zero-order valence-corrected chi connectivity index (χ0v) is 10.1. The van der Waals surface area contributed by atoms with Crippen LogP contribution in [0.5, 0.6) is 17.2 Å². The van der Waals surface area contributed by atoms with Gasteiger partial charge in [-0.25, -0.2) is 0 Å². The van der Waals surface area contributed by atoms with Gasteiger partial charge in [0, 0.05) is 0 Å². The van der Waals surface area contributed by atoms with E-state index in [1.165, 1.54) is 0 Å². The maximum absolute atomic E-state index is 9.79. The van der Waals surface area contributed by atoms with Gasteiger partial charge in [0.1, 0.15) is 5.75 Å². The number of aromatic hydroxyl groups is 2. The number of ether oxygens (including phenoxy) is 1. The van der Waals surface area contributed by atoms with Crippen molar-refractivity contribution in [2.45, 2.75) is 12.8 Å². The molecule has 2 aromatic rings. The molecule has 0 saturated carbocycles. The molecule has 2 aromatic carbocycles. The van der Waals surface area contributed by atoms with E-state index in [-0.39, 0.29) is 5.75 Å². The van der Waals surface area contributed by atoms with Gasteiger partial charge in [0.2, 0.25) is 0 Å². The topological polar surface area (TPSA) is 49.7 Å². The van der Waals surface area contributed by atoms with Crippen LogP contribution in [-0.2, 0) is 12.8 Å². The summed E-state index contributed by atoms with van der Waals surface area (Å²) in [5.41, 5.74) is 4.43. The van der Waals surface area contributed by atoms with Crippen LogP contribution in [0.1, 0.15) is 11.1 Å². The van der Waals surface area contributed by atoms with Crippen molar-refractivity contribution in [3.63, 3.8) is 0 Å². The van der Waals surface area contributed by atoms with Gasteiger partial charge in [0.25, 0.3) is 0 Å². The van der Waals surface area contributed by atoms with Crippen molar-refractivity contribution in [3.8, 4) is 28.4 Å². The highest BCUT2D eigenvalue weighted by atomic mass is 16.5. The maximum Gasteiger partial charge on any atom is 0.161 e. The molecule has 2 N–H and O–H groups in total. The number of hydrogen-bond acceptors (Lipinski definition) is 3. The van der Waals surface area contributed by atoms with Crippen molar-refractivity contribution < 1.29 is 14.9 Å². The molecule has 1 aliphatic rings. The van der Waals surface area contributed by atoms with Crippen LogP contribution in [-0.4, -0.2) is 17.3 Å². The Morgan fingerprint density at radius 2 is 1.67 bits per heavy atom. The van der Waals surface area contributed by atoms with E-state index >= 15 is 0 Å². The lowest BCUT2D eigenvalue weighted by Gasteiger charge is -2.21. The van der Waals surface area contributed by atoms with Gasteiger partial charge in [-0.1, -0.05) is 6.07 Å². The molecule has 1 aliphatic carbocycles. The lowest BCUT2D eigenvalue weighted by atomic mass is 9.85. The van der Waals surface area contributed by atoms with E-state index in [2.05, 4.69) is 0 Å². The molecule has 0 radical (unpaired) electrons. The molecule has 3 heteroatoms. The highest BCUT2D eigenvalue weighted by Gasteiger charge is 2.19. The van der Waals surface area contributed by atoms with Crippen LogP contribution in [0.15, 0.2) is 30.3 Å². The third-order valence-electron chi connectivity index (χ3n) is 3.45. The number of fused-ring (bicyclic) bond motifs is 3. The predicted molar refractivity (Wildman–Crippen MR) is 69.2 cm³/mol. The summed E-state index contributed by atoms with van der Waals surface area (Å²) >= 11 is 0. The lowest BCUT2D eigenvalue weighted by molar-refractivity contribution is 0.373. The molecule has 0 atom stereocenters. The van der Waals surface area contributed by atoms with Crippen LogP contribution in [0.4, 0.5) is 0 Å². The molecule has 0 spiro atoms. The summed E-state index contributed by atoms with van der Waals surface area (Å²) in [6.45, 7) is 0. The van der Waals surface area contributed by atoms with Crippen LogP contribution in [0.25, 0.3) is 11.1 Å². The average Bonchev–Trinajstić information content (AvgIpc) is 2.37. The van der Waals surface area contributed by atoms with Gasteiger partial charge in [-0.15, -0.1) is 0 Å². The number of phenols is 2. The second-order valence-corrected chi connectivity index (χ2v) is 4.52. The van der Waals surface area contributed by atoms with Gasteiger partial charge in [-0.05, 0) is 59.4 Å². The summed E-state index contributed by atoms with van der Waals surface area (Å²) in [6, 6.07) is 9.04. The highest BCUT2D eigenvalue weighted by Crippen LogP contribution is 2.40. The van der Waals surface area contributed by atoms with E-state index in [0.29, 0.717) is 11.5 Å². The Hall–Kier alpha value is -2.16. The predicted octanol–water partition coefficient (Wildman–Crippen LogP) is 2.87. The number of phenolic OH excluding ortho intramolecular Hbond substituents is 2. The second-order valence-electron chi connectivity index (χ2n) is 4.52. The summed E-state index contributed by atoms with van der Waals surface area (Å²) in [5.74, 6) is 0.955. The van der Waals surface area contributed by atoms with Crippen molar-refractivity contribution >= 4 is 0 Å². The van der Waals surface area contributed by atoms with Gasteiger partial charge >= 0.3 is 0 Å². The van der Waals surface area contributed by atoms with E-state index in [9.17, 15) is 10.2 Å². The molecular weight excluding hydrogens is 228 g/mol. The van der Waals surface area contributed by atoms with Gasteiger partial charge in [-0.3, -0.25) is 0 Å². The average molecular weight is 242 g/mol. The Morgan fingerprint density at radius 1 is 0.944 bits per heavy atom. The minimum absolute atomic E-state index is 0.179. The first-order valence-electron chi connectivity index (χ1n) is 5.91. The third-order valence-corrected chi connectivity index (χ3v) is 3.45. The van der Waals surface area contributed by atoms with E-state index in [1.54, 1.807) is 25.3 Å². The van der Waals surface area contributed by atoms with Gasteiger partial charge in [0.05, 0.1) is 7.11 Å². The first-order chi connectivity index (χ1) is 8.69. The molecule has 0 fully saturated rings. The SMILES string of the molecule is COc1cc2c(cc1O)CCc1cc(O)ccc1-2. The van der Waals surface area contributed by atoms with Crippen LogP contribution in [0, 0.1) is 0 Å². The summed E-state index contributed by atoms with van der Waals surface area (Å²) in [7, 11) is 1.54. The Labute approximate surface area is 105 Å².